The summed E-state index contributed by atoms with van der Waals surface area (Å²) in [6.07, 6.45) is 2.23. The number of carbonyl (C=O) groups excluding carboxylic acids is 1. The number of rotatable bonds is 11. The highest BCUT2D eigenvalue weighted by atomic mass is 32.2. The molecule has 0 aromatic heterocycles. The molecule has 0 spiro atoms. The van der Waals surface area contributed by atoms with Crippen LogP contribution in [0.2, 0.25) is 0 Å². The van der Waals surface area contributed by atoms with Crippen LogP contribution in [0.15, 0.2) is 71.6 Å². The van der Waals surface area contributed by atoms with E-state index in [0.717, 1.165) is 31.6 Å². The molecule has 0 unspecified atom stereocenters. The smallest absolute Gasteiger partial charge is 0.405 e. The molecule has 0 heterocycles. The van der Waals surface area contributed by atoms with Crippen molar-refractivity contribution in [2.24, 2.45) is 5.92 Å². The third-order valence-corrected chi connectivity index (χ3v) is 7.95. The predicted molar refractivity (Wildman–Crippen MR) is 144 cm³/mol. The van der Waals surface area contributed by atoms with E-state index in [2.05, 4.69) is 15.4 Å². The van der Waals surface area contributed by atoms with Crippen LogP contribution in [0.1, 0.15) is 48.0 Å². The number of ether oxygens (including phenoxy) is 1. The van der Waals surface area contributed by atoms with E-state index in [1.165, 1.54) is 55.7 Å². The minimum Gasteiger partial charge on any atom is -0.405 e. The van der Waals surface area contributed by atoms with Crippen molar-refractivity contribution in [3.63, 3.8) is 0 Å². The molecule has 6 nitrogen and oxygen atoms in total. The van der Waals surface area contributed by atoms with Gasteiger partial charge in [-0.1, -0.05) is 43.5 Å². The summed E-state index contributed by atoms with van der Waals surface area (Å²) in [7, 11) is -3.37. The maximum Gasteiger partial charge on any atom is 0.573 e. The number of halogens is 3. The standard InChI is InChI=1S/C29H31F3N2O4S/c1-39(36,37)24-14-12-23(13-15-24)34-28(35)21-11-16-25(26-9-2-3-10-27(26)38-29(30,31)32)22(18-21)19-33-17-5-8-20-6-4-7-20/h2-3,9-16,18,20,33H,4-8,17,19H2,1H3,(H,34,35). The van der Waals surface area contributed by atoms with Gasteiger partial charge in [-0.25, -0.2) is 8.42 Å². The van der Waals surface area contributed by atoms with E-state index in [1.54, 1.807) is 30.3 Å². The third kappa shape index (κ3) is 8.06. The van der Waals surface area contributed by atoms with E-state index in [1.807, 2.05) is 0 Å². The van der Waals surface area contributed by atoms with Gasteiger partial charge < -0.3 is 15.4 Å². The number of hydrogen-bond donors (Lipinski definition) is 2. The fourth-order valence-corrected chi connectivity index (χ4v) is 5.19. The quantitative estimate of drug-likeness (QED) is 0.259. The third-order valence-electron chi connectivity index (χ3n) is 6.82. The molecule has 0 radical (unpaired) electrons. The number of amides is 1. The first-order valence-electron chi connectivity index (χ1n) is 12.8. The average Bonchev–Trinajstić information content (AvgIpc) is 2.84. The van der Waals surface area contributed by atoms with Gasteiger partial charge in [0.05, 0.1) is 4.90 Å². The lowest BCUT2D eigenvalue weighted by atomic mass is 9.82. The van der Waals surface area contributed by atoms with Gasteiger partial charge in [-0.3, -0.25) is 4.79 Å². The van der Waals surface area contributed by atoms with Gasteiger partial charge in [0.1, 0.15) is 5.75 Å². The Bertz CT molecular complexity index is 1400. The van der Waals surface area contributed by atoms with Gasteiger partial charge in [0, 0.05) is 29.6 Å². The van der Waals surface area contributed by atoms with Crippen LogP contribution >= 0.6 is 0 Å². The van der Waals surface area contributed by atoms with Gasteiger partial charge in [-0.15, -0.1) is 13.2 Å². The molecule has 4 rings (SSSR count). The van der Waals surface area contributed by atoms with E-state index in [4.69, 9.17) is 0 Å². The van der Waals surface area contributed by atoms with Crippen molar-refractivity contribution >= 4 is 21.4 Å². The van der Waals surface area contributed by atoms with Crippen LogP contribution in [0.25, 0.3) is 11.1 Å². The summed E-state index contributed by atoms with van der Waals surface area (Å²) in [5.41, 5.74) is 2.17. The lowest BCUT2D eigenvalue weighted by molar-refractivity contribution is -0.274. The molecule has 39 heavy (non-hydrogen) atoms. The minimum absolute atomic E-state index is 0.135. The van der Waals surface area contributed by atoms with Crippen LogP contribution in [0.5, 0.6) is 5.75 Å². The number of hydrogen-bond acceptors (Lipinski definition) is 5. The second-order valence-corrected chi connectivity index (χ2v) is 11.8. The van der Waals surface area contributed by atoms with E-state index in [0.29, 0.717) is 28.9 Å². The Morgan fingerprint density at radius 2 is 1.72 bits per heavy atom. The Kier molecular flexibility index (Phi) is 8.97. The molecule has 0 saturated heterocycles. The molecule has 1 saturated carbocycles. The molecular weight excluding hydrogens is 529 g/mol. The van der Waals surface area contributed by atoms with E-state index < -0.39 is 22.1 Å². The second kappa shape index (κ2) is 12.2. The van der Waals surface area contributed by atoms with Crippen LogP contribution < -0.4 is 15.4 Å². The molecule has 0 atom stereocenters. The molecule has 3 aromatic carbocycles. The Balaban J connectivity index is 1.56. The fourth-order valence-electron chi connectivity index (χ4n) is 4.56. The number of anilines is 1. The zero-order valence-corrected chi connectivity index (χ0v) is 22.4. The van der Waals surface area contributed by atoms with Crippen molar-refractivity contribution in [1.82, 2.24) is 5.32 Å². The van der Waals surface area contributed by atoms with Gasteiger partial charge in [-0.2, -0.15) is 0 Å². The predicted octanol–water partition coefficient (Wildman–Crippen LogP) is 6.58. The number of benzene rings is 3. The van der Waals surface area contributed by atoms with Crippen molar-refractivity contribution in [3.8, 4) is 16.9 Å². The summed E-state index contributed by atoms with van der Waals surface area (Å²) in [4.78, 5) is 13.2. The molecule has 2 N–H and O–H groups in total. The molecule has 208 valence electrons. The van der Waals surface area contributed by atoms with Crippen molar-refractivity contribution in [2.75, 3.05) is 18.1 Å². The van der Waals surface area contributed by atoms with Gasteiger partial charge in [0.2, 0.25) is 0 Å². The number of nitrogens with one attached hydrogen (secondary N) is 2. The van der Waals surface area contributed by atoms with Crippen molar-refractivity contribution in [1.29, 1.82) is 0 Å². The van der Waals surface area contributed by atoms with E-state index in [9.17, 15) is 26.4 Å². The maximum atomic E-state index is 13.1. The SMILES string of the molecule is CS(=O)(=O)c1ccc(NC(=O)c2ccc(-c3ccccc3OC(F)(F)F)c(CNCCCC3CCC3)c2)cc1. The van der Waals surface area contributed by atoms with Gasteiger partial charge in [-0.05, 0) is 78.9 Å². The Labute approximate surface area is 226 Å². The summed E-state index contributed by atoms with van der Waals surface area (Å²) in [6, 6.07) is 16.5. The number of para-hydroxylation sites is 1. The largest absolute Gasteiger partial charge is 0.573 e. The molecule has 1 fully saturated rings. The first-order valence-corrected chi connectivity index (χ1v) is 14.7. The zero-order valence-electron chi connectivity index (χ0n) is 21.6. The lowest BCUT2D eigenvalue weighted by Gasteiger charge is -2.25. The topological polar surface area (TPSA) is 84.5 Å². The Hall–Kier alpha value is -3.37. The van der Waals surface area contributed by atoms with Crippen molar-refractivity contribution in [3.05, 3.63) is 77.9 Å². The first kappa shape index (κ1) is 28.6. The van der Waals surface area contributed by atoms with Gasteiger partial charge >= 0.3 is 6.36 Å². The molecule has 10 heteroatoms. The summed E-state index contributed by atoms with van der Waals surface area (Å²) in [6.45, 7) is 1.10. The fraction of sp³-hybridized carbons (Fsp3) is 0.345. The van der Waals surface area contributed by atoms with Crippen LogP contribution in [0.4, 0.5) is 18.9 Å². The summed E-state index contributed by atoms with van der Waals surface area (Å²) >= 11 is 0. The van der Waals surface area contributed by atoms with Gasteiger partial charge in [0.15, 0.2) is 9.84 Å². The zero-order chi connectivity index (χ0) is 28.0. The molecule has 0 bridgehead atoms. The lowest BCUT2D eigenvalue weighted by Crippen LogP contribution is -2.19. The summed E-state index contributed by atoms with van der Waals surface area (Å²) in [5.74, 6) is 0.0337. The first-order chi connectivity index (χ1) is 18.5. The van der Waals surface area contributed by atoms with Crippen LogP contribution in [0, 0.1) is 5.92 Å². The molecule has 1 amide bonds. The van der Waals surface area contributed by atoms with Gasteiger partial charge in [0.25, 0.3) is 5.91 Å². The number of carbonyl (C=O) groups is 1. The maximum absolute atomic E-state index is 13.1. The highest BCUT2D eigenvalue weighted by Gasteiger charge is 2.32. The number of sulfone groups is 1. The highest BCUT2D eigenvalue weighted by Crippen LogP contribution is 2.36. The molecule has 3 aromatic rings. The summed E-state index contributed by atoms with van der Waals surface area (Å²) in [5, 5.41) is 6.11. The van der Waals surface area contributed by atoms with E-state index in [-0.39, 0.29) is 16.2 Å². The monoisotopic (exact) mass is 560 g/mol. The molecule has 0 aliphatic heterocycles. The van der Waals surface area contributed by atoms with Crippen molar-refractivity contribution in [2.45, 2.75) is 49.9 Å². The molecule has 1 aliphatic carbocycles. The molecule has 1 aliphatic rings. The Morgan fingerprint density at radius 3 is 2.36 bits per heavy atom. The Morgan fingerprint density at radius 1 is 1.00 bits per heavy atom. The van der Waals surface area contributed by atoms with Crippen molar-refractivity contribution < 1.29 is 31.1 Å². The second-order valence-electron chi connectivity index (χ2n) is 9.78. The van der Waals surface area contributed by atoms with Crippen LogP contribution in [0.3, 0.4) is 0 Å². The summed E-state index contributed by atoms with van der Waals surface area (Å²) < 4.78 is 66.9. The highest BCUT2D eigenvalue weighted by molar-refractivity contribution is 7.90. The minimum atomic E-state index is -4.84. The van der Waals surface area contributed by atoms with Crippen LogP contribution in [-0.4, -0.2) is 33.5 Å². The number of alkyl halides is 3. The van der Waals surface area contributed by atoms with Crippen LogP contribution in [-0.2, 0) is 16.4 Å². The van der Waals surface area contributed by atoms with E-state index >= 15 is 0 Å². The average molecular weight is 561 g/mol. The molecular formula is C29H31F3N2O4S. The normalized spacial score (nSPS) is 14.1.